The predicted molar refractivity (Wildman–Crippen MR) is 57.4 cm³/mol. The Morgan fingerprint density at radius 1 is 1.40 bits per heavy atom. The molecule has 1 rings (SSSR count). The highest BCUT2D eigenvalue weighted by Crippen LogP contribution is 1.95. The first-order chi connectivity index (χ1) is 7.36. The Kier molecular flexibility index (Phi) is 5.99. The molecule has 0 fully saturated rings. The molecule has 0 atom stereocenters. The summed E-state index contributed by atoms with van der Waals surface area (Å²) in [5.41, 5.74) is 6.52. The van der Waals surface area contributed by atoms with Gasteiger partial charge in [-0.25, -0.2) is 0 Å². The number of hydrogen-bond acceptors (Lipinski definition) is 4. The highest BCUT2D eigenvalue weighted by Gasteiger charge is 1.96. The zero-order chi connectivity index (χ0) is 10.9. The molecule has 0 aliphatic rings. The van der Waals surface area contributed by atoms with E-state index < -0.39 is 0 Å². The summed E-state index contributed by atoms with van der Waals surface area (Å²) in [6.45, 7) is 3.47. The summed E-state index contributed by atoms with van der Waals surface area (Å²) >= 11 is 0. The van der Waals surface area contributed by atoms with E-state index in [-0.39, 0.29) is 0 Å². The van der Waals surface area contributed by atoms with Crippen LogP contribution in [0, 0.1) is 0 Å². The minimum Gasteiger partial charge on any atom is -0.385 e. The largest absolute Gasteiger partial charge is 0.385 e. The maximum atomic E-state index is 5.47. The van der Waals surface area contributed by atoms with Gasteiger partial charge in [-0.2, -0.15) is 5.10 Å². The van der Waals surface area contributed by atoms with Crippen molar-refractivity contribution in [3.8, 4) is 0 Å². The Morgan fingerprint density at radius 2 is 2.27 bits per heavy atom. The first kappa shape index (κ1) is 12.2. The fourth-order valence-electron chi connectivity index (χ4n) is 1.20. The van der Waals surface area contributed by atoms with Crippen molar-refractivity contribution in [2.75, 3.05) is 26.9 Å². The predicted octanol–water partition coefficient (Wildman–Crippen LogP) is 0.395. The van der Waals surface area contributed by atoms with E-state index in [2.05, 4.69) is 5.10 Å². The topological polar surface area (TPSA) is 62.3 Å². The van der Waals surface area contributed by atoms with E-state index in [1.807, 2.05) is 10.9 Å². The molecule has 0 unspecified atom stereocenters. The Labute approximate surface area is 90.2 Å². The summed E-state index contributed by atoms with van der Waals surface area (Å²) in [5, 5.41) is 4.15. The lowest BCUT2D eigenvalue weighted by atomic mass is 10.4. The molecule has 5 heteroatoms. The molecule has 0 aromatic carbocycles. The molecule has 1 aromatic rings. The summed E-state index contributed by atoms with van der Waals surface area (Å²) < 4.78 is 12.2. The molecule has 0 saturated carbocycles. The van der Waals surface area contributed by atoms with Gasteiger partial charge in [0.1, 0.15) is 0 Å². The minimum atomic E-state index is 0.536. The van der Waals surface area contributed by atoms with E-state index in [4.69, 9.17) is 15.2 Å². The van der Waals surface area contributed by atoms with Crippen LogP contribution in [0.5, 0.6) is 0 Å². The van der Waals surface area contributed by atoms with E-state index in [1.165, 1.54) is 0 Å². The van der Waals surface area contributed by atoms with E-state index >= 15 is 0 Å². The van der Waals surface area contributed by atoms with Gasteiger partial charge in [-0.3, -0.25) is 4.68 Å². The van der Waals surface area contributed by atoms with Crippen molar-refractivity contribution in [3.05, 3.63) is 18.0 Å². The Hall–Kier alpha value is -0.910. The van der Waals surface area contributed by atoms with Crippen molar-refractivity contribution in [2.24, 2.45) is 5.73 Å². The van der Waals surface area contributed by atoms with Gasteiger partial charge in [-0.1, -0.05) is 0 Å². The van der Waals surface area contributed by atoms with Crippen molar-refractivity contribution in [3.63, 3.8) is 0 Å². The van der Waals surface area contributed by atoms with E-state index in [0.717, 1.165) is 31.7 Å². The smallest absolute Gasteiger partial charge is 0.0662 e. The van der Waals surface area contributed by atoms with E-state index in [9.17, 15) is 0 Å². The molecular weight excluding hydrogens is 194 g/mol. The highest BCUT2D eigenvalue weighted by atomic mass is 16.5. The third-order valence-corrected chi connectivity index (χ3v) is 2.02. The number of hydrogen-bond donors (Lipinski definition) is 1. The second kappa shape index (κ2) is 7.39. The maximum absolute atomic E-state index is 5.47. The average molecular weight is 213 g/mol. The van der Waals surface area contributed by atoms with Crippen LogP contribution in [0.3, 0.4) is 0 Å². The van der Waals surface area contributed by atoms with Crippen molar-refractivity contribution in [2.45, 2.75) is 19.5 Å². The number of nitrogens with two attached hydrogens (primary N) is 1. The van der Waals surface area contributed by atoms with Crippen LogP contribution in [0.15, 0.2) is 12.4 Å². The molecule has 0 radical (unpaired) electrons. The van der Waals surface area contributed by atoms with Gasteiger partial charge < -0.3 is 15.2 Å². The number of rotatable bonds is 8. The molecule has 1 aromatic heterocycles. The van der Waals surface area contributed by atoms with Crippen molar-refractivity contribution in [1.82, 2.24) is 9.78 Å². The zero-order valence-electron chi connectivity index (χ0n) is 9.19. The summed E-state index contributed by atoms with van der Waals surface area (Å²) in [6.07, 6.45) is 4.66. The molecule has 86 valence electrons. The van der Waals surface area contributed by atoms with Crippen LogP contribution in [0.1, 0.15) is 12.0 Å². The monoisotopic (exact) mass is 213 g/mol. The van der Waals surface area contributed by atoms with Gasteiger partial charge in [0.15, 0.2) is 0 Å². The fraction of sp³-hybridized carbons (Fsp3) is 0.700. The van der Waals surface area contributed by atoms with Gasteiger partial charge in [0.05, 0.1) is 19.3 Å². The maximum Gasteiger partial charge on any atom is 0.0662 e. The van der Waals surface area contributed by atoms with Crippen LogP contribution >= 0.6 is 0 Å². The van der Waals surface area contributed by atoms with Crippen LogP contribution in [-0.4, -0.2) is 36.7 Å². The molecular formula is C10H19N3O2. The van der Waals surface area contributed by atoms with E-state index in [1.54, 1.807) is 13.3 Å². The van der Waals surface area contributed by atoms with Crippen molar-refractivity contribution >= 4 is 0 Å². The number of methoxy groups -OCH3 is 1. The lowest BCUT2D eigenvalue weighted by molar-refractivity contribution is 0.0961. The molecule has 2 N–H and O–H groups in total. The molecule has 0 amide bonds. The van der Waals surface area contributed by atoms with Crippen LogP contribution in [0.2, 0.25) is 0 Å². The average Bonchev–Trinajstić information content (AvgIpc) is 2.71. The van der Waals surface area contributed by atoms with Gasteiger partial charge >= 0.3 is 0 Å². The first-order valence-corrected chi connectivity index (χ1v) is 5.15. The Balaban J connectivity index is 2.04. The third kappa shape index (κ3) is 4.92. The molecule has 0 bridgehead atoms. The SMILES string of the molecule is COCCCOCCn1cc(CN)cn1. The molecule has 15 heavy (non-hydrogen) atoms. The normalized spacial score (nSPS) is 10.8. The van der Waals surface area contributed by atoms with Crippen LogP contribution in [-0.2, 0) is 22.6 Å². The Morgan fingerprint density at radius 3 is 2.93 bits per heavy atom. The lowest BCUT2D eigenvalue weighted by Gasteiger charge is -2.03. The number of ether oxygens (including phenoxy) is 2. The quantitative estimate of drug-likeness (QED) is 0.635. The molecule has 1 heterocycles. The number of nitrogens with zero attached hydrogens (tertiary/aromatic N) is 2. The van der Waals surface area contributed by atoms with Crippen LogP contribution in [0.4, 0.5) is 0 Å². The summed E-state index contributed by atoms with van der Waals surface area (Å²) in [5.74, 6) is 0. The number of aromatic nitrogens is 2. The highest BCUT2D eigenvalue weighted by molar-refractivity contribution is 5.02. The summed E-state index contributed by atoms with van der Waals surface area (Å²) in [4.78, 5) is 0. The van der Waals surface area contributed by atoms with Crippen LogP contribution in [0.25, 0.3) is 0 Å². The molecule has 5 nitrogen and oxygen atoms in total. The van der Waals surface area contributed by atoms with Gasteiger partial charge in [0.2, 0.25) is 0 Å². The fourth-order valence-corrected chi connectivity index (χ4v) is 1.20. The summed E-state index contributed by atoms with van der Waals surface area (Å²) in [6, 6.07) is 0. The standard InChI is InChI=1S/C10H19N3O2/c1-14-4-2-5-15-6-3-13-9-10(7-11)8-12-13/h8-9H,2-7,11H2,1H3. The summed E-state index contributed by atoms with van der Waals surface area (Å²) in [7, 11) is 1.69. The third-order valence-electron chi connectivity index (χ3n) is 2.02. The first-order valence-electron chi connectivity index (χ1n) is 5.15. The molecule has 0 spiro atoms. The molecule has 0 saturated heterocycles. The van der Waals surface area contributed by atoms with Crippen molar-refractivity contribution < 1.29 is 9.47 Å². The van der Waals surface area contributed by atoms with E-state index in [0.29, 0.717) is 13.2 Å². The molecule has 0 aliphatic heterocycles. The second-order valence-electron chi connectivity index (χ2n) is 3.27. The van der Waals surface area contributed by atoms with Gasteiger partial charge in [-0.15, -0.1) is 0 Å². The lowest BCUT2D eigenvalue weighted by Crippen LogP contribution is -2.08. The van der Waals surface area contributed by atoms with Crippen LogP contribution < -0.4 is 5.73 Å². The zero-order valence-corrected chi connectivity index (χ0v) is 9.19. The van der Waals surface area contributed by atoms with Gasteiger partial charge in [-0.05, 0) is 6.42 Å². The minimum absolute atomic E-state index is 0.536. The molecule has 0 aliphatic carbocycles. The van der Waals surface area contributed by atoms with Crippen molar-refractivity contribution in [1.29, 1.82) is 0 Å². The Bertz CT molecular complexity index is 263. The van der Waals surface area contributed by atoms with Gasteiger partial charge in [0.25, 0.3) is 0 Å². The second-order valence-corrected chi connectivity index (χ2v) is 3.27. The van der Waals surface area contributed by atoms with Gasteiger partial charge in [0, 0.05) is 38.6 Å².